The van der Waals surface area contributed by atoms with Gasteiger partial charge in [-0.05, 0) is 31.9 Å². The van der Waals surface area contributed by atoms with Gasteiger partial charge in [-0.15, -0.1) is 6.58 Å². The molecule has 0 aliphatic carbocycles. The van der Waals surface area contributed by atoms with Crippen molar-refractivity contribution in [3.8, 4) is 17.0 Å². The second-order valence-electron chi connectivity index (χ2n) is 6.99. The third-order valence-electron chi connectivity index (χ3n) is 4.66. The summed E-state index contributed by atoms with van der Waals surface area (Å²) < 4.78 is 0. The van der Waals surface area contributed by atoms with Gasteiger partial charge in [0.2, 0.25) is 0 Å². The molecule has 1 aromatic heterocycles. The summed E-state index contributed by atoms with van der Waals surface area (Å²) in [6.45, 7) is 13.0. The van der Waals surface area contributed by atoms with Crippen molar-refractivity contribution in [2.24, 2.45) is 0 Å². The molecule has 0 fully saturated rings. The zero-order valence-electron chi connectivity index (χ0n) is 18.4. The van der Waals surface area contributed by atoms with E-state index < -0.39 is 0 Å². The van der Waals surface area contributed by atoms with E-state index in [1.165, 1.54) is 0 Å². The summed E-state index contributed by atoms with van der Waals surface area (Å²) in [6.07, 6.45) is 6.37. The molecule has 1 amide bonds. The zero-order valence-corrected chi connectivity index (χ0v) is 18.4. The number of benzene rings is 2. The molecule has 3 aromatic rings. The van der Waals surface area contributed by atoms with E-state index >= 15 is 0 Å². The van der Waals surface area contributed by atoms with Gasteiger partial charge in [-0.1, -0.05) is 80.3 Å². The Hall–Kier alpha value is -3.66. The van der Waals surface area contributed by atoms with E-state index in [1.807, 2.05) is 75.4 Å². The highest BCUT2D eigenvalue weighted by Crippen LogP contribution is 2.35. The minimum absolute atomic E-state index is 0.116. The summed E-state index contributed by atoms with van der Waals surface area (Å²) in [5.41, 5.74) is 2.98. The number of fused-ring (bicyclic) bond motifs is 1. The van der Waals surface area contributed by atoms with Crippen molar-refractivity contribution in [1.29, 1.82) is 0 Å². The van der Waals surface area contributed by atoms with Gasteiger partial charge in [-0.25, -0.2) is 4.98 Å². The van der Waals surface area contributed by atoms with Crippen molar-refractivity contribution in [2.45, 2.75) is 33.2 Å². The van der Waals surface area contributed by atoms with E-state index in [0.29, 0.717) is 16.6 Å². The highest BCUT2D eigenvalue weighted by atomic mass is 16.3. The predicted molar refractivity (Wildman–Crippen MR) is 130 cm³/mol. The van der Waals surface area contributed by atoms with Gasteiger partial charge in [0, 0.05) is 10.9 Å². The molecule has 0 bridgehead atoms. The average molecular weight is 415 g/mol. The first kappa shape index (κ1) is 23.6. The van der Waals surface area contributed by atoms with E-state index in [9.17, 15) is 9.90 Å². The van der Waals surface area contributed by atoms with Gasteiger partial charge in [0.05, 0.1) is 17.1 Å². The fourth-order valence-corrected chi connectivity index (χ4v) is 3.25. The molecule has 3 rings (SSSR count). The first-order valence-electron chi connectivity index (χ1n) is 10.4. The number of aromatic hydroxyl groups is 1. The number of nitrogens with one attached hydrogen (secondary N) is 1. The molecule has 1 heterocycles. The third-order valence-corrected chi connectivity index (χ3v) is 4.66. The number of carbonyl (C=O) groups is 1. The lowest BCUT2D eigenvalue weighted by Gasteiger charge is -2.18. The van der Waals surface area contributed by atoms with Crippen molar-refractivity contribution < 1.29 is 9.90 Å². The summed E-state index contributed by atoms with van der Waals surface area (Å²) in [5, 5.41) is 14.6. The number of hydrogen-bond acceptors (Lipinski definition) is 3. The second kappa shape index (κ2) is 11.5. The second-order valence-corrected chi connectivity index (χ2v) is 6.99. The fourth-order valence-electron chi connectivity index (χ4n) is 3.25. The van der Waals surface area contributed by atoms with Gasteiger partial charge in [0.1, 0.15) is 5.69 Å². The van der Waals surface area contributed by atoms with Crippen LogP contribution in [0.5, 0.6) is 5.75 Å². The Morgan fingerprint density at radius 3 is 2.35 bits per heavy atom. The van der Waals surface area contributed by atoms with Crippen molar-refractivity contribution in [2.75, 3.05) is 0 Å². The van der Waals surface area contributed by atoms with Gasteiger partial charge in [0.15, 0.2) is 5.75 Å². The van der Waals surface area contributed by atoms with E-state index in [4.69, 9.17) is 0 Å². The number of nitrogens with zero attached hydrogens (tertiary/aromatic N) is 1. The monoisotopic (exact) mass is 414 g/mol. The molecule has 0 saturated carbocycles. The Labute approximate surface area is 184 Å². The maximum atomic E-state index is 13.1. The number of pyridine rings is 1. The number of allylic oxidation sites excluding steroid dienone is 2. The van der Waals surface area contributed by atoms with Crippen molar-refractivity contribution in [1.82, 2.24) is 10.3 Å². The molecular weight excluding hydrogens is 384 g/mol. The molecule has 0 spiro atoms. The summed E-state index contributed by atoms with van der Waals surface area (Å²) >= 11 is 0. The first-order chi connectivity index (χ1) is 15.0. The lowest BCUT2D eigenvalue weighted by molar-refractivity contribution is 0.0945. The number of aromatic nitrogens is 1. The van der Waals surface area contributed by atoms with Crippen LogP contribution in [0.2, 0.25) is 0 Å². The molecule has 0 aliphatic rings. The van der Waals surface area contributed by atoms with E-state index in [-0.39, 0.29) is 23.3 Å². The number of amides is 1. The molecule has 2 N–H and O–H groups in total. The number of para-hydroxylation sites is 1. The Balaban J connectivity index is 0.00000107. The topological polar surface area (TPSA) is 62.2 Å². The van der Waals surface area contributed by atoms with Gasteiger partial charge >= 0.3 is 0 Å². The molecule has 1 atom stereocenters. The molecule has 160 valence electrons. The van der Waals surface area contributed by atoms with Crippen molar-refractivity contribution in [3.05, 3.63) is 97.1 Å². The standard InChI is InChI=1S/C24H24N2O2.C3H6/c1-4-11-17(5-2)16(3)25-24(28)21-19-14-9-10-15-20(19)26-22(23(21)27)18-12-7-6-8-13-18;1-3-2/h5-16,27H,2,4H2,1,3H3,(H,25,28);3H,1H2,2H3/b17-11+;. The average Bonchev–Trinajstić information content (AvgIpc) is 2.78. The van der Waals surface area contributed by atoms with Crippen LogP contribution in [0.1, 0.15) is 37.6 Å². The summed E-state index contributed by atoms with van der Waals surface area (Å²) in [7, 11) is 0. The number of hydrogen-bond donors (Lipinski definition) is 2. The quantitative estimate of drug-likeness (QED) is 0.360. The zero-order chi connectivity index (χ0) is 22.8. The van der Waals surface area contributed by atoms with Crippen LogP contribution in [0, 0.1) is 0 Å². The van der Waals surface area contributed by atoms with Gasteiger partial charge in [0.25, 0.3) is 5.91 Å². The molecule has 31 heavy (non-hydrogen) atoms. The normalized spacial score (nSPS) is 11.8. The Morgan fingerprint density at radius 2 is 1.74 bits per heavy atom. The number of carbonyl (C=O) groups excluding carboxylic acids is 1. The minimum Gasteiger partial charge on any atom is -0.505 e. The van der Waals surface area contributed by atoms with E-state index in [1.54, 1.807) is 18.2 Å². The highest BCUT2D eigenvalue weighted by molar-refractivity contribution is 6.10. The van der Waals surface area contributed by atoms with Gasteiger partial charge in [-0.2, -0.15) is 0 Å². The van der Waals surface area contributed by atoms with E-state index in [2.05, 4.69) is 23.5 Å². The Bertz CT molecular complexity index is 1090. The van der Waals surface area contributed by atoms with E-state index in [0.717, 1.165) is 17.6 Å². The highest BCUT2D eigenvalue weighted by Gasteiger charge is 2.22. The maximum Gasteiger partial charge on any atom is 0.256 e. The molecule has 2 aromatic carbocycles. The largest absolute Gasteiger partial charge is 0.505 e. The third kappa shape index (κ3) is 5.70. The van der Waals surface area contributed by atoms with Crippen LogP contribution in [0.25, 0.3) is 22.2 Å². The van der Waals surface area contributed by atoms with Crippen LogP contribution in [0.4, 0.5) is 0 Å². The van der Waals surface area contributed by atoms with Crippen molar-refractivity contribution >= 4 is 16.8 Å². The Morgan fingerprint density at radius 1 is 1.13 bits per heavy atom. The van der Waals surface area contributed by atoms with Gasteiger partial charge < -0.3 is 10.4 Å². The SMILES string of the molecule is C=C/C(=C\CC)C(C)NC(=O)c1c(O)c(-c2ccccc2)nc2ccccc12.C=CC. The lowest BCUT2D eigenvalue weighted by atomic mass is 10.0. The predicted octanol–water partition coefficient (Wildman–Crippen LogP) is 6.44. The van der Waals surface area contributed by atoms with Crippen LogP contribution in [-0.4, -0.2) is 22.0 Å². The molecular formula is C27H30N2O2. The Kier molecular flexibility index (Phi) is 8.77. The summed E-state index contributed by atoms with van der Waals surface area (Å²) in [5.74, 6) is -0.459. The van der Waals surface area contributed by atoms with Crippen LogP contribution in [0.15, 0.2) is 91.6 Å². The van der Waals surface area contributed by atoms with Gasteiger partial charge in [-0.3, -0.25) is 4.79 Å². The summed E-state index contributed by atoms with van der Waals surface area (Å²) in [6, 6.07) is 16.5. The van der Waals surface area contributed by atoms with Crippen LogP contribution in [0.3, 0.4) is 0 Å². The van der Waals surface area contributed by atoms with Crippen LogP contribution >= 0.6 is 0 Å². The molecule has 0 aliphatic heterocycles. The van der Waals surface area contributed by atoms with Crippen LogP contribution in [-0.2, 0) is 0 Å². The molecule has 1 unspecified atom stereocenters. The molecule has 0 saturated heterocycles. The smallest absolute Gasteiger partial charge is 0.256 e. The number of rotatable bonds is 6. The fraction of sp³-hybridized carbons (Fsp3) is 0.185. The molecule has 4 nitrogen and oxygen atoms in total. The lowest BCUT2D eigenvalue weighted by Crippen LogP contribution is -2.33. The van der Waals surface area contributed by atoms with Crippen molar-refractivity contribution in [3.63, 3.8) is 0 Å². The van der Waals surface area contributed by atoms with Crippen LogP contribution < -0.4 is 5.32 Å². The minimum atomic E-state index is -0.343. The molecule has 4 heteroatoms. The summed E-state index contributed by atoms with van der Waals surface area (Å²) in [4.78, 5) is 17.7. The molecule has 0 radical (unpaired) electrons. The first-order valence-corrected chi connectivity index (χ1v) is 10.4. The maximum absolute atomic E-state index is 13.1.